The van der Waals surface area contributed by atoms with E-state index in [4.69, 9.17) is 15.9 Å². The van der Waals surface area contributed by atoms with Crippen LogP contribution in [0.15, 0.2) is 49.1 Å². The fourth-order valence-corrected chi connectivity index (χ4v) is 2.17. The highest BCUT2D eigenvalue weighted by Gasteiger charge is 2.18. The molecule has 4 N–H and O–H groups in total. The summed E-state index contributed by atoms with van der Waals surface area (Å²) in [4.78, 5) is 42.0. The molecule has 0 aliphatic rings. The van der Waals surface area contributed by atoms with Crippen molar-refractivity contribution in [1.29, 1.82) is 0 Å². The summed E-state index contributed by atoms with van der Waals surface area (Å²) in [5, 5.41) is 28.6. The molecule has 0 bridgehead atoms. The molecule has 0 aromatic heterocycles. The number of nitrogen functional groups attached to an aromatic ring is 1. The summed E-state index contributed by atoms with van der Waals surface area (Å²) in [5.74, 6) is -0.977. The first-order chi connectivity index (χ1) is 15.0. The van der Waals surface area contributed by atoms with Gasteiger partial charge in [0.25, 0.3) is 5.69 Å². The predicted molar refractivity (Wildman–Crippen MR) is 119 cm³/mol. The SMILES string of the molecule is C=CC(=O)c1cc(O)ccc1[N+](=O)[O-].CCC(=O)c1cc(O)ccc1N.CCOC(C)=O. The summed E-state index contributed by atoms with van der Waals surface area (Å²) in [5.41, 5.74) is 5.85. The molecule has 0 aliphatic carbocycles. The van der Waals surface area contributed by atoms with E-state index in [-0.39, 0.29) is 34.5 Å². The Morgan fingerprint density at radius 3 is 2.03 bits per heavy atom. The van der Waals surface area contributed by atoms with E-state index < -0.39 is 10.7 Å². The average molecular weight is 446 g/mol. The number of phenols is 2. The minimum absolute atomic E-state index is 0.0524. The van der Waals surface area contributed by atoms with Gasteiger partial charge in [0.2, 0.25) is 0 Å². The zero-order valence-corrected chi connectivity index (χ0v) is 18.0. The Kier molecular flexibility index (Phi) is 12.1. The van der Waals surface area contributed by atoms with E-state index in [1.54, 1.807) is 13.8 Å². The Morgan fingerprint density at radius 1 is 1.09 bits per heavy atom. The summed E-state index contributed by atoms with van der Waals surface area (Å²) in [6, 6.07) is 7.65. The lowest BCUT2D eigenvalue weighted by Gasteiger charge is -2.02. The maximum Gasteiger partial charge on any atom is 0.302 e. The summed E-state index contributed by atoms with van der Waals surface area (Å²) in [7, 11) is 0. The summed E-state index contributed by atoms with van der Waals surface area (Å²) in [6.07, 6.45) is 1.36. The third kappa shape index (κ3) is 9.53. The minimum atomic E-state index is -0.684. The van der Waals surface area contributed by atoms with Crippen LogP contribution in [0.5, 0.6) is 11.5 Å². The quantitative estimate of drug-likeness (QED) is 0.113. The van der Waals surface area contributed by atoms with Gasteiger partial charge in [0.15, 0.2) is 11.6 Å². The van der Waals surface area contributed by atoms with Crippen molar-refractivity contribution >= 4 is 28.9 Å². The van der Waals surface area contributed by atoms with E-state index in [2.05, 4.69) is 11.3 Å². The lowest BCUT2D eigenvalue weighted by Crippen LogP contribution is -2.01. The normalized spacial score (nSPS) is 9.22. The van der Waals surface area contributed by atoms with Crippen molar-refractivity contribution in [3.8, 4) is 11.5 Å². The van der Waals surface area contributed by atoms with Crippen LogP contribution in [0.3, 0.4) is 0 Å². The van der Waals surface area contributed by atoms with Crippen LogP contribution < -0.4 is 5.73 Å². The fourth-order valence-electron chi connectivity index (χ4n) is 2.17. The van der Waals surface area contributed by atoms with Crippen LogP contribution in [0, 0.1) is 10.1 Å². The first kappa shape index (κ1) is 27.8. The van der Waals surface area contributed by atoms with Gasteiger partial charge in [-0.3, -0.25) is 24.5 Å². The maximum absolute atomic E-state index is 11.2. The molecular weight excluding hydrogens is 420 g/mol. The maximum atomic E-state index is 11.2. The number of hydrogen-bond donors (Lipinski definition) is 3. The molecule has 0 saturated carbocycles. The molecule has 10 heteroatoms. The highest BCUT2D eigenvalue weighted by molar-refractivity contribution is 6.07. The van der Waals surface area contributed by atoms with E-state index >= 15 is 0 Å². The van der Waals surface area contributed by atoms with Crippen LogP contribution in [0.25, 0.3) is 0 Å². The molecule has 0 atom stereocenters. The monoisotopic (exact) mass is 446 g/mol. The molecule has 0 aliphatic heterocycles. The molecule has 10 nitrogen and oxygen atoms in total. The molecule has 0 spiro atoms. The lowest BCUT2D eigenvalue weighted by molar-refractivity contribution is -0.385. The number of ether oxygens (including phenoxy) is 1. The molecule has 0 heterocycles. The van der Waals surface area contributed by atoms with Crippen molar-refractivity contribution in [3.63, 3.8) is 0 Å². The van der Waals surface area contributed by atoms with Gasteiger partial charge in [-0.2, -0.15) is 0 Å². The van der Waals surface area contributed by atoms with E-state index in [0.29, 0.717) is 24.3 Å². The van der Waals surface area contributed by atoms with Crippen molar-refractivity contribution in [1.82, 2.24) is 0 Å². The number of esters is 1. The van der Waals surface area contributed by atoms with Gasteiger partial charge in [-0.15, -0.1) is 0 Å². The third-order valence-electron chi connectivity index (χ3n) is 3.63. The minimum Gasteiger partial charge on any atom is -0.508 e. The second-order valence-corrected chi connectivity index (χ2v) is 6.00. The van der Waals surface area contributed by atoms with Gasteiger partial charge in [-0.05, 0) is 43.3 Å². The lowest BCUT2D eigenvalue weighted by atomic mass is 10.1. The molecule has 2 aromatic carbocycles. The number of nitrogens with zero attached hydrogens (tertiary/aromatic N) is 1. The van der Waals surface area contributed by atoms with E-state index in [0.717, 1.165) is 24.3 Å². The van der Waals surface area contributed by atoms with Crippen LogP contribution in [0.4, 0.5) is 11.4 Å². The van der Waals surface area contributed by atoms with Gasteiger partial charge in [0.05, 0.1) is 11.5 Å². The van der Waals surface area contributed by atoms with Crippen LogP contribution in [-0.4, -0.2) is 39.3 Å². The predicted octanol–water partition coefficient (Wildman–Crippen LogP) is 3.81. The Balaban J connectivity index is 0.000000487. The molecular formula is C22H26N2O8. The number of rotatable bonds is 6. The topological polar surface area (TPSA) is 170 Å². The highest BCUT2D eigenvalue weighted by Crippen LogP contribution is 2.23. The van der Waals surface area contributed by atoms with Crippen LogP contribution in [-0.2, 0) is 9.53 Å². The Hall–Kier alpha value is -4.21. The number of ketones is 2. The van der Waals surface area contributed by atoms with Gasteiger partial charge >= 0.3 is 5.97 Å². The number of phenolic OH excluding ortho intramolecular Hbond substituents is 2. The number of anilines is 1. The molecule has 0 radical (unpaired) electrons. The summed E-state index contributed by atoms with van der Waals surface area (Å²) >= 11 is 0. The zero-order valence-electron chi connectivity index (χ0n) is 18.0. The molecule has 2 aromatic rings. The van der Waals surface area contributed by atoms with Crippen molar-refractivity contribution in [3.05, 3.63) is 70.3 Å². The van der Waals surface area contributed by atoms with Gasteiger partial charge in [-0.1, -0.05) is 13.5 Å². The number of nitrogens with two attached hydrogens (primary N) is 1. The van der Waals surface area contributed by atoms with Crippen LogP contribution in [0.1, 0.15) is 47.9 Å². The van der Waals surface area contributed by atoms with Crippen LogP contribution >= 0.6 is 0 Å². The zero-order chi connectivity index (χ0) is 24.8. The molecule has 2 rings (SSSR count). The standard InChI is InChI=1S/C9H7NO4.C9H11NO2.C4H8O2/c1-2-9(12)7-5-6(11)3-4-8(7)10(13)14;1-2-9(12)7-5-6(11)3-4-8(7)10;1-3-6-4(2)5/h2-5,11H,1H2;3-5,11H,2,10H2,1H3;3H2,1-2H3. The van der Waals surface area contributed by atoms with Gasteiger partial charge in [-0.25, -0.2) is 0 Å². The Bertz CT molecular complexity index is 986. The van der Waals surface area contributed by atoms with E-state index in [9.17, 15) is 24.5 Å². The Morgan fingerprint density at radius 2 is 1.62 bits per heavy atom. The smallest absolute Gasteiger partial charge is 0.302 e. The number of Topliss-reactive ketones (excluding diaryl/α,β-unsaturated/α-hetero) is 1. The number of allylic oxidation sites excluding steroid dienone is 1. The molecule has 0 amide bonds. The molecule has 32 heavy (non-hydrogen) atoms. The molecule has 0 fully saturated rings. The van der Waals surface area contributed by atoms with Crippen molar-refractivity contribution in [2.24, 2.45) is 0 Å². The van der Waals surface area contributed by atoms with E-state index in [1.165, 1.54) is 25.1 Å². The van der Waals surface area contributed by atoms with E-state index in [1.807, 2.05) is 0 Å². The fraction of sp³-hybridized carbons (Fsp3) is 0.227. The highest BCUT2D eigenvalue weighted by atomic mass is 16.6. The molecule has 0 unspecified atom stereocenters. The number of hydrogen-bond acceptors (Lipinski definition) is 9. The first-order valence-electron chi connectivity index (χ1n) is 9.37. The number of carbonyl (C=O) groups is 3. The van der Waals surface area contributed by atoms with Crippen molar-refractivity contribution < 1.29 is 34.3 Å². The van der Waals surface area contributed by atoms with Crippen molar-refractivity contribution in [2.45, 2.75) is 27.2 Å². The Labute approximate surface area is 185 Å². The van der Waals surface area contributed by atoms with Gasteiger partial charge in [0.1, 0.15) is 17.1 Å². The van der Waals surface area contributed by atoms with Crippen molar-refractivity contribution in [2.75, 3.05) is 12.3 Å². The summed E-state index contributed by atoms with van der Waals surface area (Å²) in [6.45, 7) is 8.62. The van der Waals surface area contributed by atoms with Gasteiger partial charge in [0, 0.05) is 30.7 Å². The largest absolute Gasteiger partial charge is 0.508 e. The number of nitro groups is 1. The first-order valence-corrected chi connectivity index (χ1v) is 9.37. The third-order valence-corrected chi connectivity index (χ3v) is 3.63. The second kappa shape index (κ2) is 13.9. The number of benzene rings is 2. The average Bonchev–Trinajstić information content (AvgIpc) is 2.74. The molecule has 172 valence electrons. The van der Waals surface area contributed by atoms with Gasteiger partial charge < -0.3 is 20.7 Å². The number of aromatic hydroxyl groups is 2. The second-order valence-electron chi connectivity index (χ2n) is 6.00. The summed E-state index contributed by atoms with van der Waals surface area (Å²) < 4.78 is 4.40. The number of carbonyl (C=O) groups excluding carboxylic acids is 3. The number of nitro benzene ring substituents is 1. The molecule has 0 saturated heterocycles. The van der Waals surface area contributed by atoms with Crippen LogP contribution in [0.2, 0.25) is 0 Å².